The summed E-state index contributed by atoms with van der Waals surface area (Å²) in [6, 6.07) is 6.71. The molecule has 1 N–H and O–H groups in total. The van der Waals surface area contributed by atoms with Crippen molar-refractivity contribution in [2.75, 3.05) is 6.54 Å². The molecular formula is C21H24FN3O3. The van der Waals surface area contributed by atoms with Crippen LogP contribution in [0.2, 0.25) is 0 Å². The van der Waals surface area contributed by atoms with Gasteiger partial charge in [0.2, 0.25) is 0 Å². The Hall–Kier alpha value is -2.96. The minimum Gasteiger partial charge on any atom is -0.346 e. The standard InChI is InChI=1S/C21H24FN3O3/c1-12(2)25-13(3)10-17(14(25)4)18(26)11-24-19(27)21(5,23-20(24)28)15-6-8-16(22)9-7-15/h6-10,12H,11H2,1-5H3,(H,23,28). The highest BCUT2D eigenvalue weighted by Gasteiger charge is 2.49. The van der Waals surface area contributed by atoms with E-state index in [-0.39, 0.29) is 18.4 Å². The van der Waals surface area contributed by atoms with Gasteiger partial charge < -0.3 is 9.88 Å². The molecule has 2 aromatic rings. The van der Waals surface area contributed by atoms with Gasteiger partial charge in [-0.25, -0.2) is 9.18 Å². The average molecular weight is 385 g/mol. The minimum atomic E-state index is -1.33. The zero-order valence-electron chi connectivity index (χ0n) is 16.7. The Morgan fingerprint density at radius 3 is 2.32 bits per heavy atom. The van der Waals surface area contributed by atoms with Gasteiger partial charge in [-0.15, -0.1) is 0 Å². The third kappa shape index (κ3) is 3.10. The molecule has 0 spiro atoms. The molecule has 0 bridgehead atoms. The summed E-state index contributed by atoms with van der Waals surface area (Å²) < 4.78 is 15.3. The van der Waals surface area contributed by atoms with E-state index >= 15 is 0 Å². The quantitative estimate of drug-likeness (QED) is 0.633. The molecule has 1 aliphatic heterocycles. The third-order valence-electron chi connectivity index (χ3n) is 5.30. The van der Waals surface area contributed by atoms with Gasteiger partial charge in [-0.2, -0.15) is 0 Å². The lowest BCUT2D eigenvalue weighted by molar-refractivity contribution is -0.130. The van der Waals surface area contributed by atoms with Crippen molar-refractivity contribution in [2.24, 2.45) is 0 Å². The number of urea groups is 1. The molecule has 3 amide bonds. The molecule has 1 atom stereocenters. The normalized spacial score (nSPS) is 19.5. The maximum absolute atomic E-state index is 13.2. The number of imide groups is 1. The molecule has 7 heteroatoms. The van der Waals surface area contributed by atoms with Crippen molar-refractivity contribution in [1.82, 2.24) is 14.8 Å². The molecule has 148 valence electrons. The second-order valence-corrected chi connectivity index (χ2v) is 7.63. The van der Waals surface area contributed by atoms with Crippen molar-refractivity contribution in [3.63, 3.8) is 0 Å². The number of Topliss-reactive ketones (excluding diaryl/α,β-unsaturated/α-hetero) is 1. The molecule has 1 fully saturated rings. The molecule has 0 aliphatic carbocycles. The minimum absolute atomic E-state index is 0.194. The number of benzene rings is 1. The van der Waals surface area contributed by atoms with Crippen LogP contribution in [-0.2, 0) is 10.3 Å². The summed E-state index contributed by atoms with van der Waals surface area (Å²) >= 11 is 0. The molecular weight excluding hydrogens is 361 g/mol. The number of nitrogens with one attached hydrogen (secondary N) is 1. The number of nitrogens with zero attached hydrogens (tertiary/aromatic N) is 2. The summed E-state index contributed by atoms with van der Waals surface area (Å²) in [4.78, 5) is 39.2. The second-order valence-electron chi connectivity index (χ2n) is 7.63. The van der Waals surface area contributed by atoms with E-state index in [1.54, 1.807) is 13.0 Å². The van der Waals surface area contributed by atoms with E-state index in [0.717, 1.165) is 16.3 Å². The molecule has 1 aromatic heterocycles. The number of hydrogen-bond acceptors (Lipinski definition) is 3. The highest BCUT2D eigenvalue weighted by Crippen LogP contribution is 2.29. The monoisotopic (exact) mass is 385 g/mol. The maximum atomic E-state index is 13.2. The highest BCUT2D eigenvalue weighted by atomic mass is 19.1. The SMILES string of the molecule is Cc1cc(C(=O)CN2C(=O)NC(C)(c3ccc(F)cc3)C2=O)c(C)n1C(C)C. The molecule has 0 radical (unpaired) electrons. The van der Waals surface area contributed by atoms with Crippen molar-refractivity contribution < 1.29 is 18.8 Å². The van der Waals surface area contributed by atoms with E-state index < -0.39 is 23.3 Å². The average Bonchev–Trinajstić information content (AvgIpc) is 3.03. The van der Waals surface area contributed by atoms with Crippen LogP contribution in [0, 0.1) is 19.7 Å². The molecule has 28 heavy (non-hydrogen) atoms. The van der Waals surface area contributed by atoms with Crippen molar-refractivity contribution >= 4 is 17.7 Å². The predicted molar refractivity (Wildman–Crippen MR) is 103 cm³/mol. The number of carbonyl (C=O) groups is 3. The zero-order valence-corrected chi connectivity index (χ0v) is 16.7. The van der Waals surface area contributed by atoms with Gasteiger partial charge in [-0.05, 0) is 58.4 Å². The first kappa shape index (κ1) is 19.8. The fourth-order valence-electron chi connectivity index (χ4n) is 3.90. The Labute approximate surface area is 163 Å². The molecule has 1 aromatic carbocycles. The van der Waals surface area contributed by atoms with Crippen molar-refractivity contribution in [1.29, 1.82) is 0 Å². The van der Waals surface area contributed by atoms with Crippen LogP contribution in [0.4, 0.5) is 9.18 Å². The summed E-state index contributed by atoms with van der Waals surface area (Å²) in [6.45, 7) is 9.04. The maximum Gasteiger partial charge on any atom is 0.325 e. The first-order valence-corrected chi connectivity index (χ1v) is 9.18. The van der Waals surface area contributed by atoms with E-state index in [4.69, 9.17) is 0 Å². The lowest BCUT2D eigenvalue weighted by Crippen LogP contribution is -2.41. The molecule has 1 aliphatic rings. The molecule has 6 nitrogen and oxygen atoms in total. The van der Waals surface area contributed by atoms with Crippen LogP contribution in [0.25, 0.3) is 0 Å². The van der Waals surface area contributed by atoms with Crippen molar-refractivity contribution in [3.05, 3.63) is 58.7 Å². The van der Waals surface area contributed by atoms with Crippen LogP contribution >= 0.6 is 0 Å². The van der Waals surface area contributed by atoms with Crippen LogP contribution in [0.15, 0.2) is 30.3 Å². The summed E-state index contributed by atoms with van der Waals surface area (Å²) in [5.74, 6) is -1.27. The van der Waals surface area contributed by atoms with Gasteiger partial charge in [0.1, 0.15) is 11.4 Å². The number of ketones is 1. The number of carbonyl (C=O) groups excluding carboxylic acids is 3. The van der Waals surface area contributed by atoms with Gasteiger partial charge >= 0.3 is 6.03 Å². The number of amides is 3. The smallest absolute Gasteiger partial charge is 0.325 e. The van der Waals surface area contributed by atoms with Gasteiger partial charge in [-0.1, -0.05) is 12.1 Å². The van der Waals surface area contributed by atoms with Crippen molar-refractivity contribution in [3.8, 4) is 0 Å². The van der Waals surface area contributed by atoms with E-state index in [9.17, 15) is 18.8 Å². The van der Waals surface area contributed by atoms with Gasteiger partial charge in [0.25, 0.3) is 5.91 Å². The Morgan fingerprint density at radius 2 is 1.79 bits per heavy atom. The Morgan fingerprint density at radius 1 is 1.18 bits per heavy atom. The van der Waals surface area contributed by atoms with Crippen LogP contribution in [0.5, 0.6) is 0 Å². The van der Waals surface area contributed by atoms with Gasteiger partial charge in [0.05, 0.1) is 6.54 Å². The molecule has 1 saturated heterocycles. The summed E-state index contributed by atoms with van der Waals surface area (Å²) in [5, 5.41) is 2.63. The van der Waals surface area contributed by atoms with E-state index in [0.29, 0.717) is 11.1 Å². The number of aryl methyl sites for hydroxylation is 1. The number of hydrogen-bond donors (Lipinski definition) is 1. The lowest BCUT2D eigenvalue weighted by Gasteiger charge is -2.22. The summed E-state index contributed by atoms with van der Waals surface area (Å²) in [7, 11) is 0. The Balaban J connectivity index is 1.86. The largest absolute Gasteiger partial charge is 0.346 e. The number of halogens is 1. The van der Waals surface area contributed by atoms with Gasteiger partial charge in [-0.3, -0.25) is 14.5 Å². The summed E-state index contributed by atoms with van der Waals surface area (Å²) in [5.41, 5.74) is 1.39. The first-order chi connectivity index (χ1) is 13.1. The van der Waals surface area contributed by atoms with E-state index in [1.165, 1.54) is 24.3 Å². The second kappa shape index (κ2) is 6.89. The van der Waals surface area contributed by atoms with Crippen LogP contribution in [0.3, 0.4) is 0 Å². The first-order valence-electron chi connectivity index (χ1n) is 9.18. The summed E-state index contributed by atoms with van der Waals surface area (Å²) in [6.07, 6.45) is 0. The van der Waals surface area contributed by atoms with E-state index in [1.807, 2.05) is 32.3 Å². The third-order valence-corrected chi connectivity index (χ3v) is 5.30. The molecule has 2 heterocycles. The fraction of sp³-hybridized carbons (Fsp3) is 0.381. The number of aromatic nitrogens is 1. The molecule has 1 unspecified atom stereocenters. The molecule has 3 rings (SSSR count). The predicted octanol–water partition coefficient (Wildman–Crippen LogP) is 3.47. The van der Waals surface area contributed by atoms with Crippen LogP contribution < -0.4 is 5.32 Å². The zero-order chi connectivity index (χ0) is 20.8. The fourth-order valence-corrected chi connectivity index (χ4v) is 3.90. The molecule has 0 saturated carbocycles. The number of rotatable bonds is 5. The topological polar surface area (TPSA) is 71.4 Å². The van der Waals surface area contributed by atoms with Crippen LogP contribution in [-0.4, -0.2) is 33.7 Å². The van der Waals surface area contributed by atoms with Crippen LogP contribution in [0.1, 0.15) is 54.1 Å². The van der Waals surface area contributed by atoms with Gasteiger partial charge in [0, 0.05) is 23.0 Å². The Kier molecular flexibility index (Phi) is 4.87. The van der Waals surface area contributed by atoms with Crippen molar-refractivity contribution in [2.45, 2.75) is 46.2 Å². The van der Waals surface area contributed by atoms with Gasteiger partial charge in [0.15, 0.2) is 5.78 Å². The van der Waals surface area contributed by atoms with E-state index in [2.05, 4.69) is 5.32 Å². The Bertz CT molecular complexity index is 962. The lowest BCUT2D eigenvalue weighted by atomic mass is 9.92. The highest BCUT2D eigenvalue weighted by molar-refractivity contribution is 6.11.